The summed E-state index contributed by atoms with van der Waals surface area (Å²) in [5.41, 5.74) is 1.84. The van der Waals surface area contributed by atoms with Gasteiger partial charge in [-0.3, -0.25) is 14.8 Å². The van der Waals surface area contributed by atoms with E-state index in [1.54, 1.807) is 30.3 Å². The molecule has 3 aromatic rings. The van der Waals surface area contributed by atoms with Gasteiger partial charge in [-0.05, 0) is 55.8 Å². The van der Waals surface area contributed by atoms with Crippen LogP contribution in [0.15, 0.2) is 42.5 Å². The molecule has 0 radical (unpaired) electrons. The molecule has 2 bridgehead atoms. The van der Waals surface area contributed by atoms with Gasteiger partial charge in [-0.1, -0.05) is 12.1 Å². The predicted octanol–water partition coefficient (Wildman–Crippen LogP) is 2.64. The van der Waals surface area contributed by atoms with Crippen LogP contribution in [0.1, 0.15) is 28.9 Å². The first-order valence-electron chi connectivity index (χ1n) is 10.7. The fourth-order valence-electron chi connectivity index (χ4n) is 4.70. The number of rotatable bonds is 5. The van der Waals surface area contributed by atoms with Gasteiger partial charge in [0.2, 0.25) is 5.78 Å². The van der Waals surface area contributed by atoms with Crippen LogP contribution in [0.3, 0.4) is 0 Å². The second kappa shape index (κ2) is 7.99. The first-order valence-corrected chi connectivity index (χ1v) is 10.7. The van der Waals surface area contributed by atoms with E-state index < -0.39 is 11.6 Å². The molecule has 4 heterocycles. The molecule has 3 aliphatic heterocycles. The molecule has 3 aliphatic rings. The number of aromatic nitrogens is 2. The highest BCUT2D eigenvalue weighted by molar-refractivity contribution is 6.11. The van der Waals surface area contributed by atoms with Crippen molar-refractivity contribution in [2.75, 3.05) is 25.5 Å². The smallest absolute Gasteiger partial charge is 0.319 e. The molecule has 4 N–H and O–H groups in total. The number of anilines is 1. The van der Waals surface area contributed by atoms with E-state index in [0.717, 1.165) is 30.5 Å². The van der Waals surface area contributed by atoms with E-state index >= 15 is 0 Å². The number of ketones is 1. The predicted molar refractivity (Wildman–Crippen MR) is 119 cm³/mol. The van der Waals surface area contributed by atoms with Crippen LogP contribution in [0, 0.1) is 5.82 Å². The van der Waals surface area contributed by atoms with Gasteiger partial charge >= 0.3 is 6.03 Å². The monoisotopic (exact) mass is 436 g/mol. The van der Waals surface area contributed by atoms with Gasteiger partial charge in [0, 0.05) is 36.7 Å². The van der Waals surface area contributed by atoms with Gasteiger partial charge in [0.05, 0.1) is 11.1 Å². The molecule has 6 rings (SSSR count). The maximum atomic E-state index is 13.5. The number of likely N-dealkylation sites (N-methyl/N-ethyl adjacent to an activating group) is 1. The normalized spacial score (nSPS) is 22.8. The highest BCUT2D eigenvalue weighted by Crippen LogP contribution is 2.33. The Balaban J connectivity index is 1.32. The summed E-state index contributed by atoms with van der Waals surface area (Å²) in [6, 6.07) is 11.3. The molecule has 0 saturated carbocycles. The number of nitrogens with one attached hydrogen (secondary N) is 4. The molecule has 2 amide bonds. The van der Waals surface area contributed by atoms with E-state index in [1.807, 2.05) is 0 Å². The zero-order valence-electron chi connectivity index (χ0n) is 17.7. The quantitative estimate of drug-likeness (QED) is 0.461. The number of Topliss-reactive ketones (excluding diaryl/α,β-unsaturated/α-hetero) is 1. The minimum atomic E-state index is -0.623. The SMILES string of the molecule is CN1CC2(C(=O)c3n[nH]c4ccc(NC(=O)NCc5ccc(F)cc5)cc34)CCC1CN2. The topological polar surface area (TPSA) is 102 Å². The number of fused-ring (bicyclic) bond motifs is 4. The lowest BCUT2D eigenvalue weighted by atomic mass is 9.77. The lowest BCUT2D eigenvalue weighted by molar-refractivity contribution is 0.0322. The Morgan fingerprint density at radius 3 is 2.78 bits per heavy atom. The summed E-state index contributed by atoms with van der Waals surface area (Å²) in [4.78, 5) is 28.1. The second-order valence-electron chi connectivity index (χ2n) is 8.67. The van der Waals surface area contributed by atoms with E-state index in [2.05, 4.69) is 38.1 Å². The van der Waals surface area contributed by atoms with Crippen molar-refractivity contribution in [3.05, 3.63) is 59.5 Å². The highest BCUT2D eigenvalue weighted by atomic mass is 19.1. The number of carbonyl (C=O) groups excluding carboxylic acids is 2. The number of carbonyl (C=O) groups is 2. The van der Waals surface area contributed by atoms with Gasteiger partial charge in [-0.15, -0.1) is 0 Å². The molecule has 0 spiro atoms. The number of H-pyrrole nitrogens is 1. The average molecular weight is 436 g/mol. The summed E-state index contributed by atoms with van der Waals surface area (Å²) >= 11 is 0. The van der Waals surface area contributed by atoms with Crippen molar-refractivity contribution >= 4 is 28.4 Å². The fourth-order valence-corrected chi connectivity index (χ4v) is 4.70. The summed E-state index contributed by atoms with van der Waals surface area (Å²) < 4.78 is 13.0. The van der Waals surface area contributed by atoms with Crippen molar-refractivity contribution in [2.24, 2.45) is 0 Å². The van der Waals surface area contributed by atoms with Crippen LogP contribution in [0.2, 0.25) is 0 Å². The number of piperidine rings is 2. The minimum Gasteiger partial charge on any atom is -0.334 e. The number of hydrogen-bond donors (Lipinski definition) is 4. The Morgan fingerprint density at radius 2 is 2.06 bits per heavy atom. The summed E-state index contributed by atoms with van der Waals surface area (Å²) in [7, 11) is 2.06. The van der Waals surface area contributed by atoms with Crippen molar-refractivity contribution in [2.45, 2.75) is 31.0 Å². The molecular weight excluding hydrogens is 411 g/mol. The van der Waals surface area contributed by atoms with Crippen molar-refractivity contribution < 1.29 is 14.0 Å². The number of aromatic amines is 1. The van der Waals surface area contributed by atoms with Crippen molar-refractivity contribution in [3.63, 3.8) is 0 Å². The Hall–Kier alpha value is -3.30. The molecular formula is C23H25FN6O2. The zero-order chi connectivity index (χ0) is 22.3. The molecule has 2 atom stereocenters. The average Bonchev–Trinajstić information content (AvgIpc) is 3.22. The van der Waals surface area contributed by atoms with Crippen LogP contribution in [0.5, 0.6) is 0 Å². The Bertz CT molecular complexity index is 1170. The molecule has 2 unspecified atom stereocenters. The van der Waals surface area contributed by atoms with E-state index in [9.17, 15) is 14.0 Å². The van der Waals surface area contributed by atoms with Crippen LogP contribution in [0.25, 0.3) is 10.9 Å². The van der Waals surface area contributed by atoms with E-state index in [-0.39, 0.29) is 18.1 Å². The Kier molecular flexibility index (Phi) is 5.15. The minimum absolute atomic E-state index is 0.0216. The summed E-state index contributed by atoms with van der Waals surface area (Å²) in [6.45, 7) is 1.73. The first-order chi connectivity index (χ1) is 15.4. The van der Waals surface area contributed by atoms with E-state index in [0.29, 0.717) is 29.4 Å². The third kappa shape index (κ3) is 3.74. The first kappa shape index (κ1) is 20.6. The number of amides is 2. The molecule has 2 aromatic carbocycles. The maximum Gasteiger partial charge on any atom is 0.319 e. The van der Waals surface area contributed by atoms with Gasteiger partial charge in [-0.2, -0.15) is 5.10 Å². The molecule has 9 heteroatoms. The maximum absolute atomic E-state index is 13.5. The van der Waals surface area contributed by atoms with E-state index in [1.165, 1.54) is 12.1 Å². The molecule has 1 aromatic heterocycles. The second-order valence-corrected chi connectivity index (χ2v) is 8.67. The molecule has 8 nitrogen and oxygen atoms in total. The summed E-state index contributed by atoms with van der Waals surface area (Å²) in [5, 5.41) is 16.9. The number of halogens is 1. The Labute approximate surface area is 184 Å². The van der Waals surface area contributed by atoms with Gasteiger partial charge in [0.25, 0.3) is 0 Å². The molecule has 166 valence electrons. The number of benzene rings is 2. The van der Waals surface area contributed by atoms with Gasteiger partial charge in [-0.25, -0.2) is 9.18 Å². The van der Waals surface area contributed by atoms with Gasteiger partial charge in [0.1, 0.15) is 11.5 Å². The third-order valence-corrected chi connectivity index (χ3v) is 6.56. The standard InChI is InChI=1S/C23H25FN6O2/c1-30-13-23(9-8-17(30)12-26-23)21(31)20-18-10-16(6-7-19(18)28-29-20)27-22(32)25-11-14-2-4-15(24)5-3-14/h2-7,10,17,26H,8-9,11-13H2,1H3,(H,28,29)(H2,25,27,32). The van der Waals surface area contributed by atoms with Gasteiger partial charge < -0.3 is 16.0 Å². The number of nitrogens with zero attached hydrogens (tertiary/aromatic N) is 2. The van der Waals surface area contributed by atoms with Crippen molar-refractivity contribution in [1.82, 2.24) is 25.7 Å². The summed E-state index contributed by atoms with van der Waals surface area (Å²) in [5.74, 6) is -0.341. The van der Waals surface area contributed by atoms with E-state index in [4.69, 9.17) is 0 Å². The third-order valence-electron chi connectivity index (χ3n) is 6.56. The molecule has 3 fully saturated rings. The van der Waals surface area contributed by atoms with Crippen LogP contribution >= 0.6 is 0 Å². The number of piperazine rings is 1. The summed E-state index contributed by atoms with van der Waals surface area (Å²) in [6.07, 6.45) is 1.78. The fraction of sp³-hybridized carbons (Fsp3) is 0.348. The van der Waals surface area contributed by atoms with Crippen molar-refractivity contribution in [1.29, 1.82) is 0 Å². The van der Waals surface area contributed by atoms with Crippen LogP contribution < -0.4 is 16.0 Å². The number of urea groups is 1. The molecule has 32 heavy (non-hydrogen) atoms. The van der Waals surface area contributed by atoms with Crippen LogP contribution in [0.4, 0.5) is 14.9 Å². The van der Waals surface area contributed by atoms with Crippen LogP contribution in [-0.2, 0) is 6.54 Å². The number of hydrogen-bond acceptors (Lipinski definition) is 5. The lowest BCUT2D eigenvalue weighted by Gasteiger charge is -2.51. The zero-order valence-corrected chi connectivity index (χ0v) is 17.7. The Morgan fingerprint density at radius 1 is 1.25 bits per heavy atom. The molecule has 3 saturated heterocycles. The van der Waals surface area contributed by atoms with Crippen molar-refractivity contribution in [3.8, 4) is 0 Å². The van der Waals surface area contributed by atoms with Crippen LogP contribution in [-0.4, -0.2) is 58.6 Å². The highest BCUT2D eigenvalue weighted by Gasteiger charge is 2.49. The lowest BCUT2D eigenvalue weighted by Crippen LogP contribution is -2.71. The largest absolute Gasteiger partial charge is 0.334 e. The van der Waals surface area contributed by atoms with Gasteiger partial charge in [0.15, 0.2) is 0 Å². The molecule has 0 aliphatic carbocycles.